The minimum Gasteiger partial charge on any atom is -0.387 e. The lowest BCUT2D eigenvalue weighted by atomic mass is 10.1. The van der Waals surface area contributed by atoms with Crippen molar-refractivity contribution in [2.75, 3.05) is 6.54 Å². The summed E-state index contributed by atoms with van der Waals surface area (Å²) in [6.07, 6.45) is 2.78. The van der Waals surface area contributed by atoms with Crippen molar-refractivity contribution in [3.63, 3.8) is 0 Å². The van der Waals surface area contributed by atoms with Gasteiger partial charge in [0.1, 0.15) is 5.82 Å². The zero-order valence-electron chi connectivity index (χ0n) is 10.8. The van der Waals surface area contributed by atoms with Crippen molar-refractivity contribution in [1.29, 1.82) is 0 Å². The molecule has 0 radical (unpaired) electrons. The number of pyridine rings is 1. The Kier molecular flexibility index (Phi) is 4.60. The molecule has 3 nitrogen and oxygen atoms in total. The van der Waals surface area contributed by atoms with Crippen LogP contribution in [0.5, 0.6) is 0 Å². The largest absolute Gasteiger partial charge is 0.387 e. The zero-order chi connectivity index (χ0) is 13.7. The molecule has 19 heavy (non-hydrogen) atoms. The van der Waals surface area contributed by atoms with E-state index in [-0.39, 0.29) is 11.9 Å². The van der Waals surface area contributed by atoms with Crippen molar-refractivity contribution in [2.24, 2.45) is 0 Å². The van der Waals surface area contributed by atoms with Crippen molar-refractivity contribution >= 4 is 0 Å². The first-order valence-corrected chi connectivity index (χ1v) is 6.23. The van der Waals surface area contributed by atoms with Gasteiger partial charge in [-0.15, -0.1) is 0 Å². The number of aromatic nitrogens is 1. The van der Waals surface area contributed by atoms with Gasteiger partial charge in [-0.3, -0.25) is 4.98 Å². The van der Waals surface area contributed by atoms with Crippen LogP contribution in [-0.4, -0.2) is 16.6 Å². The molecule has 2 atom stereocenters. The van der Waals surface area contributed by atoms with Gasteiger partial charge in [-0.25, -0.2) is 4.39 Å². The molecule has 1 heterocycles. The summed E-state index contributed by atoms with van der Waals surface area (Å²) < 4.78 is 13.1. The average Bonchev–Trinajstić information content (AvgIpc) is 2.45. The summed E-state index contributed by atoms with van der Waals surface area (Å²) in [5.74, 6) is -0.336. The van der Waals surface area contributed by atoms with Gasteiger partial charge in [-0.05, 0) is 36.2 Å². The van der Waals surface area contributed by atoms with Gasteiger partial charge in [0.15, 0.2) is 0 Å². The number of halogens is 1. The van der Waals surface area contributed by atoms with E-state index in [1.54, 1.807) is 24.5 Å². The highest BCUT2D eigenvalue weighted by Crippen LogP contribution is 2.15. The Balaban J connectivity index is 1.92. The molecule has 0 saturated carbocycles. The van der Waals surface area contributed by atoms with Crippen molar-refractivity contribution in [3.05, 3.63) is 65.7 Å². The van der Waals surface area contributed by atoms with Crippen LogP contribution in [-0.2, 0) is 0 Å². The van der Waals surface area contributed by atoms with Gasteiger partial charge in [0, 0.05) is 25.0 Å². The Hall–Kier alpha value is -1.78. The fourth-order valence-electron chi connectivity index (χ4n) is 1.87. The fraction of sp³-hybridized carbons (Fsp3) is 0.267. The van der Waals surface area contributed by atoms with E-state index in [0.717, 1.165) is 5.56 Å². The van der Waals surface area contributed by atoms with Crippen molar-refractivity contribution in [1.82, 2.24) is 10.3 Å². The lowest BCUT2D eigenvalue weighted by Gasteiger charge is -2.17. The second kappa shape index (κ2) is 6.41. The molecular formula is C15H17FN2O. The summed E-state index contributed by atoms with van der Waals surface area (Å²) in [6.45, 7) is 2.36. The maximum Gasteiger partial charge on any atom is 0.123 e. The predicted octanol–water partition coefficient (Wildman–Crippen LogP) is 2.60. The van der Waals surface area contributed by atoms with Gasteiger partial charge in [-0.1, -0.05) is 18.2 Å². The summed E-state index contributed by atoms with van der Waals surface area (Å²) in [5.41, 5.74) is 1.62. The molecule has 0 aliphatic rings. The van der Waals surface area contributed by atoms with E-state index in [4.69, 9.17) is 0 Å². The highest BCUT2D eigenvalue weighted by atomic mass is 19.1. The molecule has 0 bridgehead atoms. The molecule has 0 fully saturated rings. The molecule has 2 N–H and O–H groups in total. The van der Waals surface area contributed by atoms with Gasteiger partial charge in [-0.2, -0.15) is 0 Å². The van der Waals surface area contributed by atoms with Crippen molar-refractivity contribution < 1.29 is 9.50 Å². The monoisotopic (exact) mass is 260 g/mol. The minimum atomic E-state index is -0.727. The zero-order valence-corrected chi connectivity index (χ0v) is 10.8. The molecule has 1 aromatic heterocycles. The Bertz CT molecular complexity index is 519. The Morgan fingerprint density at radius 2 is 2.05 bits per heavy atom. The molecule has 4 heteroatoms. The lowest BCUT2D eigenvalue weighted by Crippen LogP contribution is -2.24. The van der Waals surface area contributed by atoms with Gasteiger partial charge in [0.2, 0.25) is 0 Å². The quantitative estimate of drug-likeness (QED) is 0.868. The van der Waals surface area contributed by atoms with Crippen LogP contribution in [0.2, 0.25) is 0 Å². The first kappa shape index (κ1) is 13.6. The molecule has 0 saturated heterocycles. The SMILES string of the molecule is C[C@H](NCC(O)c1cccc(F)c1)c1cccnc1. The van der Waals surface area contributed by atoms with Crippen LogP contribution in [0.4, 0.5) is 4.39 Å². The van der Waals surface area contributed by atoms with E-state index >= 15 is 0 Å². The maximum absolute atomic E-state index is 13.1. The van der Waals surface area contributed by atoms with Crippen LogP contribution >= 0.6 is 0 Å². The molecule has 100 valence electrons. The molecule has 0 spiro atoms. The third kappa shape index (κ3) is 3.84. The van der Waals surface area contributed by atoms with E-state index in [1.807, 2.05) is 19.1 Å². The normalized spacial score (nSPS) is 14.1. The van der Waals surface area contributed by atoms with Gasteiger partial charge in [0.25, 0.3) is 0 Å². The van der Waals surface area contributed by atoms with Crippen LogP contribution in [0.3, 0.4) is 0 Å². The fourth-order valence-corrected chi connectivity index (χ4v) is 1.87. The third-order valence-electron chi connectivity index (χ3n) is 3.04. The van der Waals surface area contributed by atoms with Gasteiger partial charge < -0.3 is 10.4 Å². The summed E-state index contributed by atoms with van der Waals surface area (Å²) >= 11 is 0. The lowest BCUT2D eigenvalue weighted by molar-refractivity contribution is 0.170. The van der Waals surface area contributed by atoms with E-state index in [2.05, 4.69) is 10.3 Å². The number of aliphatic hydroxyl groups is 1. The molecule has 0 aliphatic carbocycles. The molecular weight excluding hydrogens is 243 g/mol. The molecule has 1 aromatic carbocycles. The summed E-state index contributed by atoms with van der Waals surface area (Å²) in [5, 5.41) is 13.2. The molecule has 0 amide bonds. The number of benzene rings is 1. The smallest absolute Gasteiger partial charge is 0.123 e. The van der Waals surface area contributed by atoms with E-state index < -0.39 is 6.10 Å². The van der Waals surface area contributed by atoms with Crippen LogP contribution < -0.4 is 5.32 Å². The van der Waals surface area contributed by atoms with Gasteiger partial charge in [0.05, 0.1) is 6.10 Å². The first-order valence-electron chi connectivity index (χ1n) is 6.23. The van der Waals surface area contributed by atoms with Crippen LogP contribution in [0, 0.1) is 5.82 Å². The van der Waals surface area contributed by atoms with E-state index in [0.29, 0.717) is 12.1 Å². The van der Waals surface area contributed by atoms with Crippen LogP contribution in [0.15, 0.2) is 48.8 Å². The number of nitrogens with zero attached hydrogens (tertiary/aromatic N) is 1. The Morgan fingerprint density at radius 1 is 1.26 bits per heavy atom. The summed E-state index contributed by atoms with van der Waals surface area (Å²) in [4.78, 5) is 4.05. The highest BCUT2D eigenvalue weighted by molar-refractivity contribution is 5.19. The van der Waals surface area contributed by atoms with E-state index in [9.17, 15) is 9.50 Å². The maximum atomic E-state index is 13.1. The van der Waals surface area contributed by atoms with Crippen LogP contribution in [0.1, 0.15) is 30.2 Å². The highest BCUT2D eigenvalue weighted by Gasteiger charge is 2.11. The topological polar surface area (TPSA) is 45.1 Å². The van der Waals surface area contributed by atoms with Crippen molar-refractivity contribution in [3.8, 4) is 0 Å². The summed E-state index contributed by atoms with van der Waals surface area (Å²) in [7, 11) is 0. The number of hydrogen-bond acceptors (Lipinski definition) is 3. The number of nitrogens with one attached hydrogen (secondary N) is 1. The average molecular weight is 260 g/mol. The number of aliphatic hydroxyl groups excluding tert-OH is 1. The van der Waals surface area contributed by atoms with Crippen LogP contribution in [0.25, 0.3) is 0 Å². The molecule has 0 aliphatic heterocycles. The standard InChI is InChI=1S/C15H17FN2O/c1-11(13-5-3-7-17-9-13)18-10-15(19)12-4-2-6-14(16)8-12/h2-9,11,15,18-19H,10H2,1H3/t11-,15?/m0/s1. The molecule has 2 rings (SSSR count). The van der Waals surface area contributed by atoms with E-state index in [1.165, 1.54) is 12.1 Å². The number of rotatable bonds is 5. The second-order valence-electron chi connectivity index (χ2n) is 4.49. The first-order chi connectivity index (χ1) is 9.16. The summed E-state index contributed by atoms with van der Waals surface area (Å²) in [6, 6.07) is 9.94. The van der Waals surface area contributed by atoms with Gasteiger partial charge >= 0.3 is 0 Å². The number of hydrogen-bond donors (Lipinski definition) is 2. The third-order valence-corrected chi connectivity index (χ3v) is 3.04. The second-order valence-corrected chi connectivity index (χ2v) is 4.49. The molecule has 2 aromatic rings. The Morgan fingerprint density at radius 3 is 2.74 bits per heavy atom. The van der Waals surface area contributed by atoms with Crippen molar-refractivity contribution in [2.45, 2.75) is 19.1 Å². The molecule has 1 unspecified atom stereocenters. The Labute approximate surface area is 112 Å². The predicted molar refractivity (Wildman–Crippen MR) is 72.0 cm³/mol. The minimum absolute atomic E-state index is 0.0805.